The van der Waals surface area contributed by atoms with Crippen LogP contribution < -0.4 is 17.0 Å². The number of para-hydroxylation sites is 1. The lowest BCUT2D eigenvalue weighted by Crippen LogP contribution is -2.35. The number of fused-ring (bicyclic) bond motifs is 1. The quantitative estimate of drug-likeness (QED) is 0.808. The van der Waals surface area contributed by atoms with Crippen LogP contribution in [-0.2, 0) is 11.3 Å². The lowest BCUT2D eigenvalue weighted by Gasteiger charge is -2.16. The van der Waals surface area contributed by atoms with Gasteiger partial charge in [0, 0.05) is 32.1 Å². The summed E-state index contributed by atoms with van der Waals surface area (Å²) in [6.45, 7) is 1.47. The fraction of sp³-hybridized carbons (Fsp3) is 0.400. The number of amides is 1. The minimum atomic E-state index is -0.491. The lowest BCUT2D eigenvalue weighted by molar-refractivity contribution is -0.130. The van der Waals surface area contributed by atoms with Crippen molar-refractivity contribution in [3.05, 3.63) is 45.1 Å². The number of nitrogens with zero attached hydrogens (tertiary/aromatic N) is 2. The van der Waals surface area contributed by atoms with Gasteiger partial charge in [-0.2, -0.15) is 0 Å². The Morgan fingerprint density at radius 1 is 1.32 bits per heavy atom. The predicted molar refractivity (Wildman–Crippen MR) is 82.6 cm³/mol. The van der Waals surface area contributed by atoms with Gasteiger partial charge in [0.2, 0.25) is 5.91 Å². The topological polar surface area (TPSA) is 101 Å². The molecule has 1 aromatic heterocycles. The van der Waals surface area contributed by atoms with Gasteiger partial charge in [0.05, 0.1) is 10.9 Å². The van der Waals surface area contributed by atoms with Crippen LogP contribution in [0.4, 0.5) is 0 Å². The molecule has 1 atom stereocenters. The van der Waals surface area contributed by atoms with E-state index in [1.165, 1.54) is 4.57 Å². The van der Waals surface area contributed by atoms with Crippen molar-refractivity contribution in [1.29, 1.82) is 0 Å². The van der Waals surface area contributed by atoms with Gasteiger partial charge in [0.1, 0.15) is 0 Å². The molecule has 0 radical (unpaired) electrons. The monoisotopic (exact) mass is 302 g/mol. The fourth-order valence-corrected chi connectivity index (χ4v) is 2.84. The highest BCUT2D eigenvalue weighted by Gasteiger charge is 2.23. The summed E-state index contributed by atoms with van der Waals surface area (Å²) in [5.74, 6) is -0.0184. The number of benzene rings is 1. The number of likely N-dealkylation sites (tertiary alicyclic amines) is 1. The van der Waals surface area contributed by atoms with Gasteiger partial charge >= 0.3 is 5.69 Å². The SMILES string of the molecule is N[C@H]1CCN(C(=O)CCn2c(=O)[nH]c(=O)c3ccccc32)C1. The molecule has 1 saturated heterocycles. The largest absolute Gasteiger partial charge is 0.341 e. The number of carbonyl (C=O) groups excluding carboxylic acids is 1. The van der Waals surface area contributed by atoms with Gasteiger partial charge in [-0.3, -0.25) is 19.1 Å². The Morgan fingerprint density at radius 2 is 2.09 bits per heavy atom. The van der Waals surface area contributed by atoms with E-state index in [1.807, 2.05) is 0 Å². The van der Waals surface area contributed by atoms with Crippen molar-refractivity contribution in [1.82, 2.24) is 14.5 Å². The molecule has 3 N–H and O–H groups in total. The van der Waals surface area contributed by atoms with Crippen LogP contribution in [0.25, 0.3) is 10.9 Å². The second kappa shape index (κ2) is 5.76. The Balaban J connectivity index is 1.84. The van der Waals surface area contributed by atoms with Gasteiger partial charge in [-0.05, 0) is 18.6 Å². The van der Waals surface area contributed by atoms with Crippen LogP contribution in [0, 0.1) is 0 Å². The number of nitrogens with two attached hydrogens (primary N) is 1. The molecule has 2 heterocycles. The first-order valence-corrected chi connectivity index (χ1v) is 7.31. The third-order valence-corrected chi connectivity index (χ3v) is 4.03. The molecule has 3 rings (SSSR count). The Kier molecular flexibility index (Phi) is 3.81. The smallest absolute Gasteiger partial charge is 0.328 e. The standard InChI is InChI=1S/C15H18N4O3/c16-10-5-7-18(9-10)13(20)6-8-19-12-4-2-1-3-11(12)14(21)17-15(19)22/h1-4,10H,5-9,16H2,(H,17,21,22)/t10-/m0/s1. The highest BCUT2D eigenvalue weighted by molar-refractivity contribution is 5.79. The van der Waals surface area contributed by atoms with E-state index in [4.69, 9.17) is 5.73 Å². The maximum absolute atomic E-state index is 12.2. The summed E-state index contributed by atoms with van der Waals surface area (Å²) >= 11 is 0. The number of aromatic nitrogens is 2. The van der Waals surface area contributed by atoms with Crippen molar-refractivity contribution >= 4 is 16.8 Å². The summed E-state index contributed by atoms with van der Waals surface area (Å²) in [5.41, 5.74) is 5.44. The van der Waals surface area contributed by atoms with Crippen LogP contribution in [0.1, 0.15) is 12.8 Å². The van der Waals surface area contributed by atoms with E-state index < -0.39 is 11.2 Å². The summed E-state index contributed by atoms with van der Waals surface area (Å²) < 4.78 is 1.44. The third-order valence-electron chi connectivity index (χ3n) is 4.03. The number of rotatable bonds is 3. The molecule has 0 unspecified atom stereocenters. The summed E-state index contributed by atoms with van der Waals surface area (Å²) in [5, 5.41) is 0.442. The maximum atomic E-state index is 12.2. The molecule has 1 aliphatic rings. The molecule has 7 heteroatoms. The first-order chi connectivity index (χ1) is 10.6. The van der Waals surface area contributed by atoms with Crippen molar-refractivity contribution in [3.63, 3.8) is 0 Å². The van der Waals surface area contributed by atoms with Gasteiger partial charge in [0.15, 0.2) is 0 Å². The summed E-state index contributed by atoms with van der Waals surface area (Å²) in [6, 6.07) is 6.91. The molecule has 7 nitrogen and oxygen atoms in total. The molecule has 22 heavy (non-hydrogen) atoms. The number of nitrogens with one attached hydrogen (secondary N) is 1. The second-order valence-corrected chi connectivity index (χ2v) is 5.57. The average molecular weight is 302 g/mol. The van der Waals surface area contributed by atoms with Crippen molar-refractivity contribution in [2.75, 3.05) is 13.1 Å². The Bertz CT molecular complexity index is 823. The molecule has 1 aromatic carbocycles. The molecular formula is C15H18N4O3. The maximum Gasteiger partial charge on any atom is 0.328 e. The molecule has 0 aliphatic carbocycles. The minimum Gasteiger partial charge on any atom is -0.341 e. The molecule has 1 fully saturated rings. The molecule has 1 amide bonds. The first-order valence-electron chi connectivity index (χ1n) is 7.31. The van der Waals surface area contributed by atoms with E-state index in [0.717, 1.165) is 6.42 Å². The number of hydrogen-bond donors (Lipinski definition) is 2. The molecular weight excluding hydrogens is 284 g/mol. The Hall–Kier alpha value is -2.41. The van der Waals surface area contributed by atoms with Gasteiger partial charge in [-0.1, -0.05) is 12.1 Å². The van der Waals surface area contributed by atoms with Crippen LogP contribution in [0.2, 0.25) is 0 Å². The van der Waals surface area contributed by atoms with Crippen LogP contribution in [0.15, 0.2) is 33.9 Å². The molecule has 0 spiro atoms. The molecule has 0 saturated carbocycles. The second-order valence-electron chi connectivity index (χ2n) is 5.57. The van der Waals surface area contributed by atoms with Crippen molar-refractivity contribution < 1.29 is 4.79 Å². The van der Waals surface area contributed by atoms with E-state index in [2.05, 4.69) is 4.98 Å². The van der Waals surface area contributed by atoms with Crippen LogP contribution >= 0.6 is 0 Å². The van der Waals surface area contributed by atoms with Gasteiger partial charge < -0.3 is 10.6 Å². The van der Waals surface area contributed by atoms with Crippen molar-refractivity contribution in [2.24, 2.45) is 5.73 Å². The zero-order valence-corrected chi connectivity index (χ0v) is 12.1. The number of H-pyrrole nitrogens is 1. The van der Waals surface area contributed by atoms with Crippen LogP contribution in [0.3, 0.4) is 0 Å². The zero-order valence-electron chi connectivity index (χ0n) is 12.1. The van der Waals surface area contributed by atoms with Crippen LogP contribution in [0.5, 0.6) is 0 Å². The third kappa shape index (κ3) is 2.67. The molecule has 0 bridgehead atoms. The summed E-state index contributed by atoms with van der Waals surface area (Å²) in [6.07, 6.45) is 1.02. The normalized spacial score (nSPS) is 18.0. The van der Waals surface area contributed by atoms with Gasteiger partial charge in [0.25, 0.3) is 5.56 Å². The van der Waals surface area contributed by atoms with Crippen molar-refractivity contribution in [2.45, 2.75) is 25.4 Å². The number of aromatic amines is 1. The predicted octanol–water partition coefficient (Wildman–Crippen LogP) is -0.361. The zero-order chi connectivity index (χ0) is 15.7. The molecule has 116 valence electrons. The lowest BCUT2D eigenvalue weighted by atomic mass is 10.2. The minimum absolute atomic E-state index is 0.0184. The van der Waals surface area contributed by atoms with E-state index in [1.54, 1.807) is 29.2 Å². The van der Waals surface area contributed by atoms with Gasteiger partial charge in [-0.25, -0.2) is 4.79 Å². The molecule has 2 aromatic rings. The Labute approximate surface area is 126 Å². The number of aryl methyl sites for hydroxylation is 1. The average Bonchev–Trinajstić information content (AvgIpc) is 2.93. The Morgan fingerprint density at radius 3 is 2.82 bits per heavy atom. The fourth-order valence-electron chi connectivity index (χ4n) is 2.84. The number of carbonyl (C=O) groups is 1. The van der Waals surface area contributed by atoms with Gasteiger partial charge in [-0.15, -0.1) is 0 Å². The van der Waals surface area contributed by atoms with E-state index in [9.17, 15) is 14.4 Å². The highest BCUT2D eigenvalue weighted by atomic mass is 16.2. The van der Waals surface area contributed by atoms with Crippen LogP contribution in [-0.4, -0.2) is 39.5 Å². The summed E-state index contributed by atoms with van der Waals surface area (Å²) in [7, 11) is 0. The van der Waals surface area contributed by atoms with E-state index in [0.29, 0.717) is 24.0 Å². The first kappa shape index (κ1) is 14.5. The van der Waals surface area contributed by atoms with E-state index >= 15 is 0 Å². The summed E-state index contributed by atoms with van der Waals surface area (Å²) in [4.78, 5) is 40.0. The highest BCUT2D eigenvalue weighted by Crippen LogP contribution is 2.11. The number of hydrogen-bond acceptors (Lipinski definition) is 4. The molecule has 1 aliphatic heterocycles. The van der Waals surface area contributed by atoms with Crippen molar-refractivity contribution in [3.8, 4) is 0 Å². The van der Waals surface area contributed by atoms with E-state index in [-0.39, 0.29) is 24.9 Å².